The van der Waals surface area contributed by atoms with Crippen molar-refractivity contribution in [3.8, 4) is 0 Å². The maximum atomic E-state index is 13.5. The van der Waals surface area contributed by atoms with Gasteiger partial charge in [0.05, 0.1) is 11.7 Å². The molecule has 2 aromatic carbocycles. The topological polar surface area (TPSA) is 103 Å². The maximum absolute atomic E-state index is 13.5. The lowest BCUT2D eigenvalue weighted by atomic mass is 10.0. The number of alkyl carbamates (subject to hydrolysis) is 1. The normalized spacial score (nSPS) is 14.1. The molecule has 0 radical (unpaired) electrons. The summed E-state index contributed by atoms with van der Waals surface area (Å²) in [5.41, 5.74) is 0.343. The van der Waals surface area contributed by atoms with Gasteiger partial charge in [0.25, 0.3) is 0 Å². The summed E-state index contributed by atoms with van der Waals surface area (Å²) >= 11 is 0. The van der Waals surface area contributed by atoms with Gasteiger partial charge in [-0.15, -0.1) is 0 Å². The molecule has 0 fully saturated rings. The highest BCUT2D eigenvalue weighted by Gasteiger charge is 2.35. The van der Waals surface area contributed by atoms with Gasteiger partial charge in [0.1, 0.15) is 24.3 Å². The number of carbonyl (C=O) groups is 3. The maximum Gasteiger partial charge on any atom is 0.408 e. The van der Waals surface area contributed by atoms with E-state index in [9.17, 15) is 14.4 Å². The van der Waals surface area contributed by atoms with Gasteiger partial charge in [0.2, 0.25) is 5.91 Å². The van der Waals surface area contributed by atoms with Crippen molar-refractivity contribution in [1.82, 2.24) is 10.6 Å². The van der Waals surface area contributed by atoms with Gasteiger partial charge in [-0.25, -0.2) is 9.59 Å². The SMILES string of the molecule is C[C@@H](OC(C)(C)C)[C@H](NC(=O)OCc1ccccc1)C(=O)N[C@@H](Cc1ccccc1)C(=O)OC(C)(C)C. The predicted molar refractivity (Wildman–Crippen MR) is 142 cm³/mol. The molecule has 0 aliphatic rings. The van der Waals surface area contributed by atoms with Crippen LogP contribution in [-0.2, 0) is 36.8 Å². The van der Waals surface area contributed by atoms with Crippen LogP contribution in [0.15, 0.2) is 60.7 Å². The quantitative estimate of drug-likeness (QED) is 0.453. The standard InChI is InChI=1S/C29H40N2O6/c1-20(36-28(2,3)4)24(31-27(34)35-19-22-16-12-9-13-17-22)25(32)30-23(26(33)37-29(5,6)7)18-21-14-10-8-11-15-21/h8-17,20,23-24H,18-19H2,1-7H3,(H,30,32)(H,31,34)/t20-,23+,24+/m1/s1. The fourth-order valence-corrected chi connectivity index (χ4v) is 3.59. The lowest BCUT2D eigenvalue weighted by molar-refractivity contribution is -0.159. The number of nitrogens with one attached hydrogen (secondary N) is 2. The zero-order valence-electron chi connectivity index (χ0n) is 22.9. The van der Waals surface area contributed by atoms with Gasteiger partial charge < -0.3 is 24.8 Å². The number of hydrogen-bond donors (Lipinski definition) is 2. The van der Waals surface area contributed by atoms with Gasteiger partial charge in [0, 0.05) is 6.42 Å². The minimum Gasteiger partial charge on any atom is -0.458 e. The third-order valence-electron chi connectivity index (χ3n) is 5.07. The average molecular weight is 513 g/mol. The molecule has 2 aromatic rings. The Labute approximate surface area is 220 Å². The van der Waals surface area contributed by atoms with Gasteiger partial charge in [-0.05, 0) is 59.6 Å². The number of benzene rings is 2. The summed E-state index contributed by atoms with van der Waals surface area (Å²) in [6, 6.07) is 16.4. The van der Waals surface area contributed by atoms with E-state index in [0.29, 0.717) is 0 Å². The molecule has 3 atom stereocenters. The van der Waals surface area contributed by atoms with Gasteiger partial charge in [0.15, 0.2) is 0 Å². The van der Waals surface area contributed by atoms with Gasteiger partial charge in [-0.2, -0.15) is 0 Å². The Balaban J connectivity index is 2.21. The number of esters is 1. The Morgan fingerprint density at radius 3 is 1.84 bits per heavy atom. The van der Waals surface area contributed by atoms with Gasteiger partial charge in [-0.3, -0.25) is 4.79 Å². The van der Waals surface area contributed by atoms with Crippen molar-refractivity contribution in [2.75, 3.05) is 0 Å². The number of carbonyl (C=O) groups excluding carboxylic acids is 3. The van der Waals surface area contributed by atoms with Crippen LogP contribution in [0.3, 0.4) is 0 Å². The molecule has 37 heavy (non-hydrogen) atoms. The molecule has 2 amide bonds. The van der Waals surface area contributed by atoms with Crippen LogP contribution in [0.2, 0.25) is 0 Å². The molecular weight excluding hydrogens is 472 g/mol. The highest BCUT2D eigenvalue weighted by Crippen LogP contribution is 2.16. The van der Waals surface area contributed by atoms with E-state index in [2.05, 4.69) is 10.6 Å². The zero-order chi connectivity index (χ0) is 27.6. The lowest BCUT2D eigenvalue weighted by Gasteiger charge is -2.32. The summed E-state index contributed by atoms with van der Waals surface area (Å²) in [5, 5.41) is 5.39. The molecule has 0 bridgehead atoms. The van der Waals surface area contributed by atoms with Gasteiger partial charge >= 0.3 is 12.1 Å². The molecule has 0 saturated carbocycles. The van der Waals surface area contributed by atoms with Gasteiger partial charge in [-0.1, -0.05) is 60.7 Å². The summed E-state index contributed by atoms with van der Waals surface area (Å²) in [5.74, 6) is -1.15. The van der Waals surface area contributed by atoms with Crippen LogP contribution in [0, 0.1) is 0 Å². The minimum atomic E-state index is -1.12. The summed E-state index contributed by atoms with van der Waals surface area (Å²) < 4.78 is 16.9. The molecule has 0 aliphatic heterocycles. The molecule has 0 aromatic heterocycles. The molecule has 8 heteroatoms. The molecule has 0 spiro atoms. The van der Waals surface area contributed by atoms with Crippen molar-refractivity contribution in [3.05, 3.63) is 71.8 Å². The fourth-order valence-electron chi connectivity index (χ4n) is 3.59. The Bertz CT molecular complexity index is 1010. The van der Waals surface area contributed by atoms with Crippen LogP contribution in [-0.4, -0.2) is 47.4 Å². The van der Waals surface area contributed by atoms with Crippen LogP contribution in [0.4, 0.5) is 4.79 Å². The summed E-state index contributed by atoms with van der Waals surface area (Å²) in [6.07, 6.45) is -1.27. The van der Waals surface area contributed by atoms with E-state index in [1.165, 1.54) is 0 Å². The average Bonchev–Trinajstić information content (AvgIpc) is 2.79. The van der Waals surface area contributed by atoms with E-state index in [1.54, 1.807) is 27.7 Å². The second-order valence-electron chi connectivity index (χ2n) is 10.9. The molecule has 8 nitrogen and oxygen atoms in total. The molecule has 2 rings (SSSR count). The summed E-state index contributed by atoms with van der Waals surface area (Å²) in [4.78, 5) is 39.1. The first kappa shape index (κ1) is 29.8. The number of rotatable bonds is 10. The van der Waals surface area contributed by atoms with E-state index in [-0.39, 0.29) is 13.0 Å². The van der Waals surface area contributed by atoms with Crippen molar-refractivity contribution in [2.45, 2.75) is 90.9 Å². The van der Waals surface area contributed by atoms with E-state index in [4.69, 9.17) is 14.2 Å². The molecule has 2 N–H and O–H groups in total. The minimum absolute atomic E-state index is 0.0457. The molecule has 0 unspecified atom stereocenters. The predicted octanol–water partition coefficient (Wildman–Crippen LogP) is 4.55. The second-order valence-corrected chi connectivity index (χ2v) is 10.9. The van der Waals surface area contributed by atoms with Crippen molar-refractivity contribution < 1.29 is 28.6 Å². The Hall–Kier alpha value is -3.39. The number of ether oxygens (including phenoxy) is 3. The van der Waals surface area contributed by atoms with Crippen LogP contribution < -0.4 is 10.6 Å². The summed E-state index contributed by atoms with van der Waals surface area (Å²) in [7, 11) is 0. The van der Waals surface area contributed by atoms with Crippen LogP contribution in [0.5, 0.6) is 0 Å². The van der Waals surface area contributed by atoms with E-state index in [1.807, 2.05) is 81.4 Å². The van der Waals surface area contributed by atoms with Crippen molar-refractivity contribution in [1.29, 1.82) is 0 Å². The molecule has 0 heterocycles. The first-order valence-corrected chi connectivity index (χ1v) is 12.5. The fraction of sp³-hybridized carbons (Fsp3) is 0.483. The van der Waals surface area contributed by atoms with E-state index in [0.717, 1.165) is 11.1 Å². The molecule has 202 valence electrons. The third kappa shape index (κ3) is 11.5. The van der Waals surface area contributed by atoms with Crippen molar-refractivity contribution >= 4 is 18.0 Å². The smallest absolute Gasteiger partial charge is 0.408 e. The molecule has 0 saturated heterocycles. The molecule has 0 aliphatic carbocycles. The molecular formula is C29H40N2O6. The number of amides is 2. The zero-order valence-corrected chi connectivity index (χ0v) is 22.9. The largest absolute Gasteiger partial charge is 0.458 e. The third-order valence-corrected chi connectivity index (χ3v) is 5.07. The number of hydrogen-bond acceptors (Lipinski definition) is 6. The Kier molecular flexibility index (Phi) is 10.7. The van der Waals surface area contributed by atoms with Crippen LogP contribution in [0.25, 0.3) is 0 Å². The lowest BCUT2D eigenvalue weighted by Crippen LogP contribution is -2.58. The Morgan fingerprint density at radius 1 is 0.784 bits per heavy atom. The highest BCUT2D eigenvalue weighted by molar-refractivity contribution is 5.90. The van der Waals surface area contributed by atoms with Crippen molar-refractivity contribution in [2.24, 2.45) is 0 Å². The van der Waals surface area contributed by atoms with E-state index >= 15 is 0 Å². The first-order chi connectivity index (χ1) is 17.2. The monoisotopic (exact) mass is 512 g/mol. The first-order valence-electron chi connectivity index (χ1n) is 12.5. The van der Waals surface area contributed by atoms with E-state index < -0.39 is 47.4 Å². The Morgan fingerprint density at radius 2 is 1.32 bits per heavy atom. The highest BCUT2D eigenvalue weighted by atomic mass is 16.6. The summed E-state index contributed by atoms with van der Waals surface area (Å²) in [6.45, 7) is 12.6. The second kappa shape index (κ2) is 13.2. The van der Waals surface area contributed by atoms with Crippen molar-refractivity contribution in [3.63, 3.8) is 0 Å². The van der Waals surface area contributed by atoms with Crippen LogP contribution in [0.1, 0.15) is 59.6 Å². The van der Waals surface area contributed by atoms with Crippen LogP contribution >= 0.6 is 0 Å².